The first-order valence-electron chi connectivity index (χ1n) is 10.1. The molecule has 0 aliphatic carbocycles. The molecule has 2 heterocycles. The first-order valence-corrected chi connectivity index (χ1v) is 10.1. The Bertz CT molecular complexity index is 770. The number of halogens is 3. The molecule has 186 valence electrons. The van der Waals surface area contributed by atoms with E-state index < -0.39 is 36.0 Å². The summed E-state index contributed by atoms with van der Waals surface area (Å²) < 4.78 is 46.2. The zero-order valence-electron chi connectivity index (χ0n) is 19.1. The predicted octanol–water partition coefficient (Wildman–Crippen LogP) is 4.26. The highest BCUT2D eigenvalue weighted by Crippen LogP contribution is 2.28. The van der Waals surface area contributed by atoms with Crippen LogP contribution >= 0.6 is 0 Å². The van der Waals surface area contributed by atoms with Gasteiger partial charge in [0.1, 0.15) is 24.5 Å². The van der Waals surface area contributed by atoms with Gasteiger partial charge in [-0.3, -0.25) is 0 Å². The molecule has 3 unspecified atom stereocenters. The van der Waals surface area contributed by atoms with Crippen LogP contribution in [0.25, 0.3) is 0 Å². The third kappa shape index (κ3) is 13.4. The van der Waals surface area contributed by atoms with Gasteiger partial charge in [-0.05, 0) is 43.3 Å². The van der Waals surface area contributed by atoms with Crippen LogP contribution in [0.1, 0.15) is 39.8 Å². The van der Waals surface area contributed by atoms with E-state index in [-0.39, 0.29) is 12.6 Å². The summed E-state index contributed by atoms with van der Waals surface area (Å²) in [5.41, 5.74) is -1.11. The van der Waals surface area contributed by atoms with Crippen molar-refractivity contribution in [2.45, 2.75) is 58.6 Å². The molecule has 1 saturated heterocycles. The number of hydrogen-bond donors (Lipinski definition) is 2. The van der Waals surface area contributed by atoms with Crippen molar-refractivity contribution in [1.82, 2.24) is 4.98 Å². The third-order valence-electron chi connectivity index (χ3n) is 3.49. The maximum absolute atomic E-state index is 11.9. The van der Waals surface area contributed by atoms with Crippen molar-refractivity contribution in [3.63, 3.8) is 0 Å². The standard InChI is InChI=1S/C11H18N2O4.C6H3F3N2O.C4H10/c1-3-5-13-11(12-2)17-7-9-10(15)8(14)4-6-16-9;7-6(8,9)4-2-1-3-5(10-4)11-12;1-4(2)3/h3,5,8-10,14-15H,2,4,6-7H2,1H3;1-3H;4H,1-3H3/b5-3-,13-11?;;. The van der Waals surface area contributed by atoms with Crippen LogP contribution in [0.2, 0.25) is 0 Å². The Kier molecular flexibility index (Phi) is 14.7. The van der Waals surface area contributed by atoms with Crippen LogP contribution in [0.4, 0.5) is 19.0 Å². The molecule has 0 aromatic carbocycles. The lowest BCUT2D eigenvalue weighted by molar-refractivity contribution is -0.146. The number of rotatable bonds is 4. The predicted molar refractivity (Wildman–Crippen MR) is 119 cm³/mol. The fourth-order valence-corrected chi connectivity index (χ4v) is 2.05. The molecule has 3 atom stereocenters. The van der Waals surface area contributed by atoms with Crippen LogP contribution in [0.5, 0.6) is 0 Å². The van der Waals surface area contributed by atoms with Crippen molar-refractivity contribution < 1.29 is 32.9 Å². The number of hydrogen-bond acceptors (Lipinski definition) is 8. The lowest BCUT2D eigenvalue weighted by atomic mass is 10.0. The summed E-state index contributed by atoms with van der Waals surface area (Å²) in [6.45, 7) is 12.1. The van der Waals surface area contributed by atoms with Crippen LogP contribution in [-0.4, -0.2) is 59.5 Å². The molecule has 0 radical (unpaired) electrons. The van der Waals surface area contributed by atoms with E-state index >= 15 is 0 Å². The molecule has 12 heteroatoms. The number of pyridine rings is 1. The van der Waals surface area contributed by atoms with Crippen LogP contribution in [0.15, 0.2) is 45.6 Å². The highest BCUT2D eigenvalue weighted by atomic mass is 19.4. The van der Waals surface area contributed by atoms with Crippen LogP contribution in [-0.2, 0) is 15.7 Å². The molecule has 9 nitrogen and oxygen atoms in total. The average Bonchev–Trinajstić information content (AvgIpc) is 2.76. The van der Waals surface area contributed by atoms with Crippen LogP contribution in [0, 0.1) is 10.8 Å². The number of ether oxygens (including phenoxy) is 2. The second-order valence-corrected chi connectivity index (χ2v) is 7.32. The van der Waals surface area contributed by atoms with Crippen molar-refractivity contribution in [2.24, 2.45) is 21.1 Å². The minimum absolute atomic E-state index is 0.0770. The minimum atomic E-state index is -4.53. The Hall–Kier alpha value is -2.70. The molecule has 33 heavy (non-hydrogen) atoms. The van der Waals surface area contributed by atoms with Crippen molar-refractivity contribution >= 4 is 18.6 Å². The van der Waals surface area contributed by atoms with Gasteiger partial charge in [0.15, 0.2) is 5.82 Å². The van der Waals surface area contributed by atoms with E-state index in [0.717, 1.165) is 24.1 Å². The fourth-order valence-electron chi connectivity index (χ4n) is 2.05. The van der Waals surface area contributed by atoms with E-state index in [9.17, 15) is 28.3 Å². The van der Waals surface area contributed by atoms with Crippen molar-refractivity contribution in [3.05, 3.63) is 41.1 Å². The van der Waals surface area contributed by atoms with E-state index in [4.69, 9.17) is 9.47 Å². The first kappa shape index (κ1) is 30.3. The second-order valence-electron chi connectivity index (χ2n) is 7.32. The molecule has 2 N–H and O–H groups in total. The minimum Gasteiger partial charge on any atom is -0.461 e. The zero-order chi connectivity index (χ0) is 25.4. The summed E-state index contributed by atoms with van der Waals surface area (Å²) >= 11 is 0. The summed E-state index contributed by atoms with van der Waals surface area (Å²) in [5, 5.41) is 21.4. The van der Waals surface area contributed by atoms with Gasteiger partial charge in [-0.25, -0.2) is 15.0 Å². The van der Waals surface area contributed by atoms with Gasteiger partial charge in [-0.1, -0.05) is 32.9 Å². The van der Waals surface area contributed by atoms with E-state index in [1.165, 1.54) is 6.20 Å². The average molecular weight is 476 g/mol. The van der Waals surface area contributed by atoms with Crippen molar-refractivity contribution in [3.8, 4) is 0 Å². The molecule has 0 spiro atoms. The van der Waals surface area contributed by atoms with Gasteiger partial charge < -0.3 is 19.7 Å². The summed E-state index contributed by atoms with van der Waals surface area (Å²) in [6, 6.07) is 3.06. The van der Waals surface area contributed by atoms with Gasteiger partial charge in [-0.2, -0.15) is 13.2 Å². The van der Waals surface area contributed by atoms with Crippen LogP contribution in [0.3, 0.4) is 0 Å². The van der Waals surface area contributed by atoms with E-state index in [1.54, 1.807) is 6.08 Å². The Morgan fingerprint density at radius 1 is 1.36 bits per heavy atom. The summed E-state index contributed by atoms with van der Waals surface area (Å²) in [4.78, 5) is 20.2. The first-order chi connectivity index (χ1) is 15.5. The number of amidine groups is 1. The summed E-state index contributed by atoms with van der Waals surface area (Å²) in [7, 11) is 0. The number of allylic oxidation sites excluding steroid dienone is 1. The molecule has 2 rings (SSSR count). The molecule has 1 fully saturated rings. The maximum Gasteiger partial charge on any atom is 0.433 e. The molecular weight excluding hydrogens is 445 g/mol. The SMILES string of the molecule is C=NC(=N/C=C\C)OCC1OCCC(O)C1O.CC(C)C.O=Nc1cccc(C(F)(F)F)n1. The number of aliphatic hydroxyl groups is 2. The van der Waals surface area contributed by atoms with Gasteiger partial charge in [0, 0.05) is 12.8 Å². The smallest absolute Gasteiger partial charge is 0.433 e. The van der Waals surface area contributed by atoms with Crippen molar-refractivity contribution in [2.75, 3.05) is 13.2 Å². The lowest BCUT2D eigenvalue weighted by Gasteiger charge is -2.31. The zero-order valence-corrected chi connectivity index (χ0v) is 19.1. The number of aliphatic hydroxyl groups excluding tert-OH is 2. The topological polar surface area (TPSA) is 126 Å². The molecular formula is C21H31F3N4O5. The molecule has 0 saturated carbocycles. The molecule has 1 aliphatic rings. The van der Waals surface area contributed by atoms with Gasteiger partial charge in [0.2, 0.25) is 0 Å². The van der Waals surface area contributed by atoms with Gasteiger partial charge >= 0.3 is 12.2 Å². The summed E-state index contributed by atoms with van der Waals surface area (Å²) in [6.07, 6.45) is -3.14. The third-order valence-corrected chi connectivity index (χ3v) is 3.49. The molecule has 1 aromatic heterocycles. The highest BCUT2D eigenvalue weighted by Gasteiger charge is 2.33. The van der Waals surface area contributed by atoms with E-state index in [1.807, 2.05) is 6.92 Å². The van der Waals surface area contributed by atoms with Gasteiger partial charge in [0.25, 0.3) is 0 Å². The Labute approximate surface area is 191 Å². The largest absolute Gasteiger partial charge is 0.461 e. The lowest BCUT2D eigenvalue weighted by Crippen LogP contribution is -2.46. The van der Waals surface area contributed by atoms with Gasteiger partial charge in [-0.15, -0.1) is 4.91 Å². The molecule has 0 amide bonds. The van der Waals surface area contributed by atoms with E-state index in [0.29, 0.717) is 13.0 Å². The Morgan fingerprint density at radius 3 is 2.52 bits per heavy atom. The Balaban J connectivity index is 0.000000556. The number of aromatic nitrogens is 1. The number of nitrogens with zero attached hydrogens (tertiary/aromatic N) is 4. The Morgan fingerprint density at radius 2 is 2.00 bits per heavy atom. The number of nitroso groups, excluding NO2 is 1. The second kappa shape index (κ2) is 16.0. The van der Waals surface area contributed by atoms with Crippen LogP contribution < -0.4 is 0 Å². The molecule has 1 aliphatic heterocycles. The quantitative estimate of drug-likeness (QED) is 0.380. The molecule has 1 aromatic rings. The summed E-state index contributed by atoms with van der Waals surface area (Å²) in [5.74, 6) is 0.366. The monoisotopic (exact) mass is 476 g/mol. The van der Waals surface area contributed by atoms with E-state index in [2.05, 4.69) is 47.6 Å². The van der Waals surface area contributed by atoms with Gasteiger partial charge in [0.05, 0.1) is 6.10 Å². The fraction of sp³-hybridized carbons (Fsp3) is 0.571. The highest BCUT2D eigenvalue weighted by molar-refractivity contribution is 5.78. The number of alkyl halides is 3. The normalized spacial score (nSPS) is 20.9. The van der Waals surface area contributed by atoms with Crippen molar-refractivity contribution in [1.29, 1.82) is 0 Å². The number of aliphatic imine (C=N–C) groups is 2. The maximum atomic E-state index is 11.9. The molecule has 0 bridgehead atoms.